The van der Waals surface area contributed by atoms with Crippen LogP contribution >= 0.6 is 0 Å². The van der Waals surface area contributed by atoms with Gasteiger partial charge >= 0.3 is 0 Å². The number of aliphatic hydroxyl groups is 2. The van der Waals surface area contributed by atoms with Crippen LogP contribution in [0.25, 0.3) is 0 Å². The van der Waals surface area contributed by atoms with Gasteiger partial charge in [-0.1, -0.05) is 224 Å². The summed E-state index contributed by atoms with van der Waals surface area (Å²) < 4.78 is 84.7. The van der Waals surface area contributed by atoms with Gasteiger partial charge in [-0.2, -0.15) is 0 Å². The maximum Gasteiger partial charge on any atom is 0.187 e. The molecule has 1 aliphatic heterocycles. The molecule has 8 aromatic rings. The summed E-state index contributed by atoms with van der Waals surface area (Å²) in [7, 11) is 1.62. The van der Waals surface area contributed by atoms with Gasteiger partial charge in [-0.05, 0) is 56.6 Å². The van der Waals surface area contributed by atoms with Crippen molar-refractivity contribution in [1.82, 2.24) is 0 Å². The zero-order valence-corrected chi connectivity index (χ0v) is 48.5. The van der Waals surface area contributed by atoms with Crippen molar-refractivity contribution in [3.8, 4) is 5.75 Å². The van der Waals surface area contributed by atoms with Crippen LogP contribution in [0.2, 0.25) is 0 Å². The van der Waals surface area contributed by atoms with Crippen LogP contribution in [0.1, 0.15) is 44.5 Å². The Labute approximate surface area is 505 Å². The fourth-order valence-corrected chi connectivity index (χ4v) is 10.7. The van der Waals surface area contributed by atoms with Crippen molar-refractivity contribution >= 4 is 0 Å². The normalized spacial score (nSPS) is 23.4. The van der Waals surface area contributed by atoms with Gasteiger partial charge in [0.15, 0.2) is 6.29 Å². The van der Waals surface area contributed by atoms with Gasteiger partial charge in [-0.25, -0.2) is 0 Å². The lowest BCUT2D eigenvalue weighted by Gasteiger charge is -2.52. The molecular formula is C72H78O14. The summed E-state index contributed by atoms with van der Waals surface area (Å²) >= 11 is 0. The Kier molecular flexibility index (Phi) is 24.0. The second-order valence-electron chi connectivity index (χ2n) is 21.5. The Morgan fingerprint density at radius 3 is 0.977 bits per heavy atom. The Hall–Kier alpha value is -6.96. The van der Waals surface area contributed by atoms with Gasteiger partial charge in [-0.15, -0.1) is 0 Å². The minimum atomic E-state index is -1.26. The first-order chi connectivity index (χ1) is 42.5. The smallest absolute Gasteiger partial charge is 0.187 e. The lowest BCUT2D eigenvalue weighted by Crippen LogP contribution is -2.70. The monoisotopic (exact) mass is 1170 g/mol. The molecule has 14 nitrogen and oxygen atoms in total. The molecule has 14 heteroatoms. The molecule has 10 rings (SSSR count). The molecule has 1 saturated heterocycles. The first-order valence-electron chi connectivity index (χ1n) is 29.5. The van der Waals surface area contributed by atoms with Gasteiger partial charge in [-0.3, -0.25) is 0 Å². The maximum atomic E-state index is 11.2. The first-order valence-corrected chi connectivity index (χ1v) is 29.5. The Morgan fingerprint density at radius 1 is 0.337 bits per heavy atom. The molecule has 2 aliphatic rings. The van der Waals surface area contributed by atoms with Crippen molar-refractivity contribution in [3.63, 3.8) is 0 Å². The quantitative estimate of drug-likeness (QED) is 0.0411. The lowest BCUT2D eigenvalue weighted by molar-refractivity contribution is -0.366. The Morgan fingerprint density at radius 2 is 0.628 bits per heavy atom. The molecular weight excluding hydrogens is 1090 g/mol. The molecule has 1 saturated carbocycles. The molecule has 0 bridgehead atoms. The number of ether oxygens (including phenoxy) is 12. The third-order valence-corrected chi connectivity index (χ3v) is 15.2. The largest absolute Gasteiger partial charge is 0.497 e. The van der Waals surface area contributed by atoms with E-state index in [9.17, 15) is 10.2 Å². The van der Waals surface area contributed by atoms with E-state index in [1.54, 1.807) is 7.11 Å². The van der Waals surface area contributed by atoms with Crippen molar-refractivity contribution in [3.05, 3.63) is 281 Å². The number of methoxy groups -OCH3 is 1. The van der Waals surface area contributed by atoms with E-state index in [1.807, 2.05) is 237 Å². The van der Waals surface area contributed by atoms with Crippen LogP contribution in [-0.2, 0) is 105 Å². The van der Waals surface area contributed by atoms with E-state index in [-0.39, 0.29) is 59.5 Å². The minimum absolute atomic E-state index is 0.0664. The summed E-state index contributed by atoms with van der Waals surface area (Å²) in [5, 5.41) is 21.5. The molecule has 1 heterocycles. The SMILES string of the molecule is COc1ccc(CO[C@H]2[C@H](OCC(O)CO)[C@@H](OCc3ccccc3)[C@H](OCc3ccccc3)[C@@H](OCc3ccccc3)[C@H]2O[C@H]2O[C@H](COCc3ccccc3)[C@@H](OCc3ccccc3)[C@H](OCc3ccccc3)[C@@H]2OCc2ccccc2)cc1. The summed E-state index contributed by atoms with van der Waals surface area (Å²) in [5.41, 5.74) is 7.33. The van der Waals surface area contributed by atoms with Crippen LogP contribution in [0.4, 0.5) is 0 Å². The summed E-state index contributed by atoms with van der Waals surface area (Å²) in [6, 6.07) is 77.2. The summed E-state index contributed by atoms with van der Waals surface area (Å²) in [4.78, 5) is 0. The van der Waals surface area contributed by atoms with Crippen molar-refractivity contribution in [2.75, 3.05) is 26.9 Å². The molecule has 2 N–H and O–H groups in total. The molecule has 450 valence electrons. The van der Waals surface area contributed by atoms with Crippen LogP contribution < -0.4 is 4.74 Å². The average molecular weight is 1170 g/mol. The number of hydrogen-bond acceptors (Lipinski definition) is 14. The van der Waals surface area contributed by atoms with Crippen LogP contribution in [0.15, 0.2) is 237 Å². The van der Waals surface area contributed by atoms with Crippen molar-refractivity contribution < 1.29 is 67.1 Å². The standard InChI is InChI=1S/C72H78O14/c1-75-61-39-37-59(38-40-61)49-82-69-67(84-50-60(74)41-73)65(79-45-55-29-15-5-16-30-55)66(80-46-56-31-17-6-18-32-56)68(81-47-57-33-19-7-20-34-57)70(69)86-72-71(83-48-58-35-21-8-22-36-58)64(78-44-54-27-13-4-14-28-54)63(77-43-53-25-11-3-12-26-53)62(85-72)51-76-42-52-23-9-2-10-24-52/h2-40,60,62-74H,41-51H2,1H3/t60?,62-,63-,64+,65+,66+,67-,68-,69+,70-,71+,72-/m1/s1. The van der Waals surface area contributed by atoms with E-state index < -0.39 is 80.0 Å². The molecule has 86 heavy (non-hydrogen) atoms. The lowest BCUT2D eigenvalue weighted by atomic mass is 9.83. The highest BCUT2D eigenvalue weighted by molar-refractivity contribution is 5.27. The van der Waals surface area contributed by atoms with E-state index in [0.717, 1.165) is 44.5 Å². The van der Waals surface area contributed by atoms with Crippen LogP contribution in [0.3, 0.4) is 0 Å². The molecule has 8 aromatic carbocycles. The second kappa shape index (κ2) is 33.2. The Balaban J connectivity index is 1.12. The van der Waals surface area contributed by atoms with Gasteiger partial charge in [0.05, 0.1) is 79.8 Å². The van der Waals surface area contributed by atoms with Crippen LogP contribution in [0.5, 0.6) is 5.75 Å². The molecule has 0 amide bonds. The maximum absolute atomic E-state index is 11.2. The third-order valence-electron chi connectivity index (χ3n) is 15.2. The van der Waals surface area contributed by atoms with Crippen molar-refractivity contribution in [2.24, 2.45) is 0 Å². The van der Waals surface area contributed by atoms with Gasteiger partial charge < -0.3 is 67.1 Å². The van der Waals surface area contributed by atoms with Gasteiger partial charge in [0.25, 0.3) is 0 Å². The molecule has 0 radical (unpaired) electrons. The van der Waals surface area contributed by atoms with Crippen molar-refractivity contribution in [2.45, 2.75) is 126 Å². The zero-order chi connectivity index (χ0) is 59.0. The van der Waals surface area contributed by atoms with E-state index in [2.05, 4.69) is 0 Å². The number of hydrogen-bond donors (Lipinski definition) is 2. The fourth-order valence-electron chi connectivity index (χ4n) is 10.7. The minimum Gasteiger partial charge on any atom is -0.497 e. The Bertz CT molecular complexity index is 3100. The van der Waals surface area contributed by atoms with E-state index >= 15 is 0 Å². The van der Waals surface area contributed by atoms with Crippen LogP contribution in [-0.4, -0.2) is 111 Å². The van der Waals surface area contributed by atoms with Gasteiger partial charge in [0, 0.05) is 0 Å². The first kappa shape index (κ1) is 62.1. The summed E-state index contributed by atoms with van der Waals surface area (Å²) in [6.45, 7) is 0.606. The van der Waals surface area contributed by atoms with E-state index in [1.165, 1.54) is 0 Å². The fraction of sp³-hybridized carbons (Fsp3) is 0.333. The van der Waals surface area contributed by atoms with Gasteiger partial charge in [0.1, 0.15) is 72.9 Å². The summed E-state index contributed by atoms with van der Waals surface area (Å²) in [6.07, 6.45) is -12.1. The molecule has 2 fully saturated rings. The highest BCUT2D eigenvalue weighted by Gasteiger charge is 2.58. The number of benzene rings is 8. The van der Waals surface area contributed by atoms with Crippen molar-refractivity contribution in [1.29, 1.82) is 0 Å². The molecule has 12 atom stereocenters. The molecule has 1 unspecified atom stereocenters. The van der Waals surface area contributed by atoms with Gasteiger partial charge in [0.2, 0.25) is 0 Å². The topological polar surface area (TPSA) is 151 Å². The zero-order valence-electron chi connectivity index (χ0n) is 48.5. The van der Waals surface area contributed by atoms with E-state index in [4.69, 9.17) is 56.8 Å². The highest BCUT2D eigenvalue weighted by Crippen LogP contribution is 2.40. The molecule has 0 spiro atoms. The number of aliphatic hydroxyl groups excluding tert-OH is 2. The summed E-state index contributed by atoms with van der Waals surface area (Å²) in [5.74, 6) is 0.683. The predicted octanol–water partition coefficient (Wildman–Crippen LogP) is 11.2. The average Bonchev–Trinajstić information content (AvgIpc) is 1.08. The molecule has 1 aliphatic carbocycles. The number of rotatable bonds is 32. The third kappa shape index (κ3) is 18.1. The van der Waals surface area contributed by atoms with Crippen LogP contribution in [0, 0.1) is 0 Å². The predicted molar refractivity (Wildman–Crippen MR) is 324 cm³/mol. The highest BCUT2D eigenvalue weighted by atomic mass is 16.7. The second-order valence-corrected chi connectivity index (χ2v) is 21.5. The molecule has 0 aromatic heterocycles. The van der Waals surface area contributed by atoms with E-state index in [0.29, 0.717) is 12.4 Å².